The average Bonchev–Trinajstić information content (AvgIpc) is 2.92. The molecule has 0 spiro atoms. The molecular formula is C30H39N5O3. The van der Waals surface area contributed by atoms with Gasteiger partial charge in [0.1, 0.15) is 5.82 Å². The molecule has 8 nitrogen and oxygen atoms in total. The molecule has 1 aromatic heterocycles. The van der Waals surface area contributed by atoms with Gasteiger partial charge in [-0.2, -0.15) is 0 Å². The number of hydrogen-bond acceptors (Lipinski definition) is 6. The molecule has 2 N–H and O–H groups in total. The van der Waals surface area contributed by atoms with Gasteiger partial charge in [0.2, 0.25) is 12.3 Å². The maximum Gasteiger partial charge on any atom is 0.263 e. The molecule has 38 heavy (non-hydrogen) atoms. The number of nitrogens with zero attached hydrogens (tertiary/aromatic N) is 3. The number of rotatable bonds is 12. The van der Waals surface area contributed by atoms with Crippen molar-refractivity contribution in [1.29, 1.82) is 0 Å². The van der Waals surface area contributed by atoms with Crippen LogP contribution in [0, 0.1) is 6.92 Å². The minimum atomic E-state index is -0.360. The van der Waals surface area contributed by atoms with Gasteiger partial charge in [0.05, 0.1) is 10.9 Å². The molecule has 1 aliphatic heterocycles. The number of amides is 2. The van der Waals surface area contributed by atoms with Crippen molar-refractivity contribution in [1.82, 2.24) is 19.8 Å². The van der Waals surface area contributed by atoms with Gasteiger partial charge in [-0.25, -0.2) is 4.98 Å². The Morgan fingerprint density at radius 1 is 1.08 bits per heavy atom. The summed E-state index contributed by atoms with van der Waals surface area (Å²) >= 11 is 0. The molecule has 0 bridgehead atoms. The normalized spacial score (nSPS) is 14.8. The number of benzene rings is 2. The van der Waals surface area contributed by atoms with E-state index in [1.807, 2.05) is 25.1 Å². The lowest BCUT2D eigenvalue weighted by Crippen LogP contribution is -2.30. The lowest BCUT2D eigenvalue weighted by Gasteiger charge is -2.26. The summed E-state index contributed by atoms with van der Waals surface area (Å²) in [5.41, 5.74) is 3.75. The standard InChI is InChI=1S/C30H39N5O3/c1-22(11-16-28(37)32-21-36)35-23(2)33-27-10-6-9-26(29(27)30(35)38)31-20-25-14-12-24(13-15-25)8-7-19-34-17-4-3-5-18-34/h6,9-10,12-15,21-22,31H,3-5,7-8,11,16-20H2,1-2H3,(H,32,36,37). The third-order valence-corrected chi connectivity index (χ3v) is 7.45. The Morgan fingerprint density at radius 2 is 1.82 bits per heavy atom. The van der Waals surface area contributed by atoms with Crippen molar-refractivity contribution in [2.45, 2.75) is 71.4 Å². The van der Waals surface area contributed by atoms with Crippen LogP contribution >= 0.6 is 0 Å². The average molecular weight is 518 g/mol. The SMILES string of the molecule is Cc1nc2cccc(NCc3ccc(CCCN4CCCCC4)cc3)c2c(=O)n1C(C)CCC(=O)NC=O. The zero-order chi connectivity index (χ0) is 26.9. The third-order valence-electron chi connectivity index (χ3n) is 7.45. The first kappa shape index (κ1) is 27.5. The lowest BCUT2D eigenvalue weighted by atomic mass is 10.1. The fourth-order valence-electron chi connectivity index (χ4n) is 5.34. The van der Waals surface area contributed by atoms with Crippen molar-refractivity contribution in [3.63, 3.8) is 0 Å². The molecule has 0 aliphatic carbocycles. The van der Waals surface area contributed by atoms with Crippen molar-refractivity contribution in [3.05, 3.63) is 69.8 Å². The highest BCUT2D eigenvalue weighted by Gasteiger charge is 2.17. The van der Waals surface area contributed by atoms with Crippen LogP contribution in [0.2, 0.25) is 0 Å². The van der Waals surface area contributed by atoms with Gasteiger partial charge < -0.3 is 10.2 Å². The minimum absolute atomic E-state index is 0.136. The van der Waals surface area contributed by atoms with E-state index in [4.69, 9.17) is 0 Å². The van der Waals surface area contributed by atoms with Crippen molar-refractivity contribution in [2.75, 3.05) is 25.0 Å². The predicted molar refractivity (Wildman–Crippen MR) is 151 cm³/mol. The van der Waals surface area contributed by atoms with Crippen LogP contribution in [0.15, 0.2) is 47.3 Å². The second-order valence-electron chi connectivity index (χ2n) is 10.3. The number of aromatic nitrogens is 2. The number of piperidine rings is 1. The number of nitrogens with one attached hydrogen (secondary N) is 2. The van der Waals surface area contributed by atoms with E-state index in [0.717, 1.165) is 17.7 Å². The van der Waals surface area contributed by atoms with Crippen LogP contribution < -0.4 is 16.2 Å². The Labute approximate surface area is 224 Å². The van der Waals surface area contributed by atoms with Gasteiger partial charge in [-0.1, -0.05) is 36.8 Å². The van der Waals surface area contributed by atoms with Gasteiger partial charge in [0.25, 0.3) is 5.56 Å². The number of fused-ring (bicyclic) bond motifs is 1. The van der Waals surface area contributed by atoms with Crippen molar-refractivity contribution in [2.24, 2.45) is 0 Å². The second-order valence-corrected chi connectivity index (χ2v) is 10.3. The summed E-state index contributed by atoms with van der Waals surface area (Å²) in [7, 11) is 0. The Kier molecular flexibility index (Phi) is 9.65. The minimum Gasteiger partial charge on any atom is -0.380 e. The number of carbonyl (C=O) groups is 2. The summed E-state index contributed by atoms with van der Waals surface area (Å²) in [4.78, 5) is 43.0. The first-order valence-electron chi connectivity index (χ1n) is 13.7. The summed E-state index contributed by atoms with van der Waals surface area (Å²) in [5.74, 6) is 0.237. The summed E-state index contributed by atoms with van der Waals surface area (Å²) in [6.45, 7) is 7.96. The zero-order valence-electron chi connectivity index (χ0n) is 22.5. The summed E-state index contributed by atoms with van der Waals surface area (Å²) in [6.07, 6.45) is 7.28. The Balaban J connectivity index is 1.41. The van der Waals surface area contributed by atoms with Gasteiger partial charge in [-0.05, 0) is 88.8 Å². The van der Waals surface area contributed by atoms with E-state index in [1.54, 1.807) is 11.5 Å². The fraction of sp³-hybridized carbons (Fsp3) is 0.467. The number of aryl methyl sites for hydroxylation is 2. The topological polar surface area (TPSA) is 96.3 Å². The molecule has 0 radical (unpaired) electrons. The van der Waals surface area contributed by atoms with Gasteiger partial charge in [0.15, 0.2) is 0 Å². The smallest absolute Gasteiger partial charge is 0.263 e. The largest absolute Gasteiger partial charge is 0.380 e. The van der Waals surface area contributed by atoms with E-state index < -0.39 is 0 Å². The number of imide groups is 1. The number of anilines is 1. The van der Waals surface area contributed by atoms with Gasteiger partial charge >= 0.3 is 0 Å². The maximum atomic E-state index is 13.6. The zero-order valence-corrected chi connectivity index (χ0v) is 22.5. The van der Waals surface area contributed by atoms with Crippen LogP contribution in [0.4, 0.5) is 5.69 Å². The van der Waals surface area contributed by atoms with E-state index in [-0.39, 0.29) is 23.9 Å². The molecule has 2 amide bonds. The van der Waals surface area contributed by atoms with Crippen LogP contribution in [-0.4, -0.2) is 46.4 Å². The number of likely N-dealkylation sites (tertiary alicyclic amines) is 1. The maximum absolute atomic E-state index is 13.6. The molecule has 3 aromatic rings. The third kappa shape index (κ3) is 7.07. The van der Waals surface area contributed by atoms with Crippen LogP contribution in [0.3, 0.4) is 0 Å². The van der Waals surface area contributed by atoms with Crippen LogP contribution in [0.25, 0.3) is 10.9 Å². The monoisotopic (exact) mass is 517 g/mol. The van der Waals surface area contributed by atoms with Crippen LogP contribution in [0.5, 0.6) is 0 Å². The van der Waals surface area contributed by atoms with Gasteiger partial charge in [-0.3, -0.25) is 24.3 Å². The van der Waals surface area contributed by atoms with Gasteiger partial charge in [0, 0.05) is 24.7 Å². The molecule has 4 rings (SSSR count). The first-order valence-corrected chi connectivity index (χ1v) is 13.7. The molecular weight excluding hydrogens is 478 g/mol. The van der Waals surface area contributed by atoms with E-state index >= 15 is 0 Å². The molecule has 0 saturated carbocycles. The summed E-state index contributed by atoms with van der Waals surface area (Å²) in [5, 5.41) is 6.12. The van der Waals surface area contributed by atoms with Crippen LogP contribution in [-0.2, 0) is 22.6 Å². The highest BCUT2D eigenvalue weighted by atomic mass is 16.2. The number of hydrogen-bond donors (Lipinski definition) is 2. The van der Waals surface area contributed by atoms with Crippen molar-refractivity contribution >= 4 is 28.9 Å². The van der Waals surface area contributed by atoms with Crippen molar-refractivity contribution < 1.29 is 9.59 Å². The predicted octanol–water partition coefficient (Wildman–Crippen LogP) is 4.35. The second kappa shape index (κ2) is 13.3. The molecule has 1 atom stereocenters. The molecule has 1 unspecified atom stereocenters. The highest BCUT2D eigenvalue weighted by Crippen LogP contribution is 2.22. The summed E-state index contributed by atoms with van der Waals surface area (Å²) in [6, 6.07) is 14.1. The molecule has 2 aromatic carbocycles. The van der Waals surface area contributed by atoms with E-state index in [0.29, 0.717) is 36.1 Å². The van der Waals surface area contributed by atoms with Gasteiger partial charge in [-0.15, -0.1) is 0 Å². The van der Waals surface area contributed by atoms with Crippen LogP contribution in [0.1, 0.15) is 68.4 Å². The van der Waals surface area contributed by atoms with E-state index in [1.165, 1.54) is 50.9 Å². The number of carbonyl (C=O) groups excluding carboxylic acids is 2. The van der Waals surface area contributed by atoms with Crippen molar-refractivity contribution in [3.8, 4) is 0 Å². The first-order chi connectivity index (χ1) is 18.5. The summed E-state index contributed by atoms with van der Waals surface area (Å²) < 4.78 is 1.64. The lowest BCUT2D eigenvalue weighted by molar-refractivity contribution is -0.125. The molecule has 1 saturated heterocycles. The van der Waals surface area contributed by atoms with E-state index in [2.05, 4.69) is 44.8 Å². The highest BCUT2D eigenvalue weighted by molar-refractivity contribution is 5.90. The molecule has 202 valence electrons. The molecule has 2 heterocycles. The fourth-order valence-corrected chi connectivity index (χ4v) is 5.34. The Morgan fingerprint density at radius 3 is 2.55 bits per heavy atom. The Bertz CT molecular complexity index is 1300. The molecule has 8 heteroatoms. The van der Waals surface area contributed by atoms with E-state index in [9.17, 15) is 14.4 Å². The molecule has 1 aliphatic rings. The Hall–Kier alpha value is -3.52. The molecule has 1 fully saturated rings. The quantitative estimate of drug-likeness (QED) is 0.347.